The molecule has 0 aromatic heterocycles. The topological polar surface area (TPSA) is 114 Å². The first-order valence-corrected chi connectivity index (χ1v) is 14.1. The standard InChI is InChI=1S/C28H27ClF3N3O6S/c1-27(2,3)41-26(37)18-40-21-12-9-19(10-13-21)16-33-34-25(36)17-35(42(38,39)22-7-5-4-6-8-22)20-11-14-24(29)23(15-20)28(30,31)32/h4-16H,17-18H2,1-3H3,(H,34,36). The average molecular weight is 626 g/mol. The van der Waals surface area contributed by atoms with Crippen LogP contribution in [-0.4, -0.2) is 45.3 Å². The summed E-state index contributed by atoms with van der Waals surface area (Å²) in [6.07, 6.45) is -3.60. The first kappa shape index (κ1) is 32.4. The van der Waals surface area contributed by atoms with Crippen LogP contribution in [0.25, 0.3) is 0 Å². The van der Waals surface area contributed by atoms with Gasteiger partial charge in [0.15, 0.2) is 6.61 Å². The maximum absolute atomic E-state index is 13.5. The third-order valence-electron chi connectivity index (χ3n) is 5.22. The molecule has 1 N–H and O–H groups in total. The summed E-state index contributed by atoms with van der Waals surface area (Å²) in [6, 6.07) is 15.8. The lowest BCUT2D eigenvalue weighted by molar-refractivity contribution is -0.157. The van der Waals surface area contributed by atoms with Crippen molar-refractivity contribution in [3.63, 3.8) is 0 Å². The molecular formula is C28H27ClF3N3O6S. The average Bonchev–Trinajstić information content (AvgIpc) is 2.90. The highest BCUT2D eigenvalue weighted by molar-refractivity contribution is 7.92. The Kier molecular flexibility index (Phi) is 10.2. The van der Waals surface area contributed by atoms with Gasteiger partial charge < -0.3 is 9.47 Å². The van der Waals surface area contributed by atoms with Crippen molar-refractivity contribution in [1.29, 1.82) is 0 Å². The Morgan fingerprint density at radius 2 is 1.64 bits per heavy atom. The second-order valence-corrected chi connectivity index (χ2v) is 12.0. The molecule has 0 atom stereocenters. The zero-order valence-electron chi connectivity index (χ0n) is 22.7. The Balaban J connectivity index is 1.73. The van der Waals surface area contributed by atoms with Gasteiger partial charge in [-0.05, 0) is 80.9 Å². The van der Waals surface area contributed by atoms with Gasteiger partial charge in [0.25, 0.3) is 15.9 Å². The van der Waals surface area contributed by atoms with E-state index in [4.69, 9.17) is 21.1 Å². The summed E-state index contributed by atoms with van der Waals surface area (Å²) in [6.45, 7) is 4.03. The van der Waals surface area contributed by atoms with E-state index in [1.807, 2.05) is 0 Å². The zero-order valence-corrected chi connectivity index (χ0v) is 24.3. The number of carbonyl (C=O) groups excluding carboxylic acids is 2. The number of nitrogens with zero attached hydrogens (tertiary/aromatic N) is 2. The van der Waals surface area contributed by atoms with E-state index in [2.05, 4.69) is 10.5 Å². The summed E-state index contributed by atoms with van der Waals surface area (Å²) >= 11 is 5.70. The minimum Gasteiger partial charge on any atom is -0.482 e. The number of amides is 1. The molecule has 0 saturated heterocycles. The third-order valence-corrected chi connectivity index (χ3v) is 7.34. The molecule has 0 heterocycles. The smallest absolute Gasteiger partial charge is 0.417 e. The molecule has 3 aromatic rings. The molecule has 9 nitrogen and oxygen atoms in total. The molecule has 3 aromatic carbocycles. The highest BCUT2D eigenvalue weighted by atomic mass is 35.5. The van der Waals surface area contributed by atoms with Crippen LogP contribution in [0.5, 0.6) is 5.75 Å². The van der Waals surface area contributed by atoms with Gasteiger partial charge in [0.1, 0.15) is 17.9 Å². The van der Waals surface area contributed by atoms with Gasteiger partial charge in [0.05, 0.1) is 27.4 Å². The second-order valence-electron chi connectivity index (χ2n) is 9.72. The Labute approximate surface area is 245 Å². The first-order valence-electron chi connectivity index (χ1n) is 12.3. The Bertz CT molecular complexity index is 1540. The number of carbonyl (C=O) groups is 2. The number of hydrazone groups is 1. The molecule has 14 heteroatoms. The number of halogens is 4. The van der Waals surface area contributed by atoms with Crippen LogP contribution >= 0.6 is 11.6 Å². The van der Waals surface area contributed by atoms with Crippen molar-refractivity contribution >= 4 is 45.4 Å². The van der Waals surface area contributed by atoms with Gasteiger partial charge in [-0.3, -0.25) is 9.10 Å². The molecule has 224 valence electrons. The monoisotopic (exact) mass is 625 g/mol. The highest BCUT2D eigenvalue weighted by Gasteiger charge is 2.35. The zero-order chi connectivity index (χ0) is 31.1. The number of alkyl halides is 3. The molecule has 0 spiro atoms. The molecule has 0 radical (unpaired) electrons. The van der Waals surface area contributed by atoms with E-state index in [-0.39, 0.29) is 11.5 Å². The summed E-state index contributed by atoms with van der Waals surface area (Å²) in [5, 5.41) is 3.17. The van der Waals surface area contributed by atoms with Crippen molar-refractivity contribution in [2.45, 2.75) is 37.4 Å². The summed E-state index contributed by atoms with van der Waals surface area (Å²) in [7, 11) is -4.46. The molecule has 1 amide bonds. The Morgan fingerprint density at radius 3 is 2.24 bits per heavy atom. The first-order chi connectivity index (χ1) is 19.6. The van der Waals surface area contributed by atoms with Crippen LogP contribution in [0.4, 0.5) is 18.9 Å². The molecule has 42 heavy (non-hydrogen) atoms. The third kappa shape index (κ3) is 9.21. The molecule has 3 rings (SSSR count). The second kappa shape index (κ2) is 13.3. The predicted octanol–water partition coefficient (Wildman–Crippen LogP) is 5.42. The number of hydrogen-bond acceptors (Lipinski definition) is 7. The van der Waals surface area contributed by atoms with Crippen molar-refractivity contribution in [3.05, 3.63) is 88.9 Å². The number of hydrogen-bond donors (Lipinski definition) is 1. The van der Waals surface area contributed by atoms with E-state index >= 15 is 0 Å². The van der Waals surface area contributed by atoms with Gasteiger partial charge >= 0.3 is 12.1 Å². The van der Waals surface area contributed by atoms with Gasteiger partial charge in [-0.1, -0.05) is 29.8 Å². The van der Waals surface area contributed by atoms with E-state index in [1.54, 1.807) is 51.1 Å². The molecule has 0 aliphatic rings. The molecule has 0 saturated carbocycles. The fraction of sp³-hybridized carbons (Fsp3) is 0.250. The van der Waals surface area contributed by atoms with Crippen molar-refractivity contribution in [2.75, 3.05) is 17.5 Å². The number of benzene rings is 3. The predicted molar refractivity (Wildman–Crippen MR) is 151 cm³/mol. The van der Waals surface area contributed by atoms with Crippen LogP contribution in [0.1, 0.15) is 31.9 Å². The minimum absolute atomic E-state index is 0.237. The number of rotatable bonds is 10. The molecule has 0 bridgehead atoms. The van der Waals surface area contributed by atoms with Crippen LogP contribution in [0, 0.1) is 0 Å². The van der Waals surface area contributed by atoms with Crippen molar-refractivity contribution in [2.24, 2.45) is 5.10 Å². The van der Waals surface area contributed by atoms with Gasteiger partial charge in [-0.15, -0.1) is 0 Å². The van der Waals surface area contributed by atoms with Gasteiger partial charge in [0.2, 0.25) is 0 Å². The lowest BCUT2D eigenvalue weighted by atomic mass is 10.2. The number of sulfonamides is 1. The number of ether oxygens (including phenoxy) is 2. The van der Waals surface area contributed by atoms with Crippen LogP contribution in [-0.2, 0) is 30.5 Å². The number of nitrogens with one attached hydrogen (secondary N) is 1. The lowest BCUT2D eigenvalue weighted by Gasteiger charge is -2.24. The van der Waals surface area contributed by atoms with E-state index in [0.717, 1.165) is 12.1 Å². The molecule has 0 aliphatic carbocycles. The molecule has 0 fully saturated rings. The van der Waals surface area contributed by atoms with Crippen LogP contribution in [0.3, 0.4) is 0 Å². The lowest BCUT2D eigenvalue weighted by Crippen LogP contribution is -2.39. The van der Waals surface area contributed by atoms with Gasteiger partial charge in [0, 0.05) is 0 Å². The maximum Gasteiger partial charge on any atom is 0.417 e. The molecule has 0 aliphatic heterocycles. The summed E-state index contributed by atoms with van der Waals surface area (Å²) in [5.41, 5.74) is 0.365. The van der Waals surface area contributed by atoms with E-state index in [9.17, 15) is 31.2 Å². The minimum atomic E-state index is -4.86. The fourth-order valence-electron chi connectivity index (χ4n) is 3.43. The van der Waals surface area contributed by atoms with Gasteiger partial charge in [-0.2, -0.15) is 18.3 Å². The summed E-state index contributed by atoms with van der Waals surface area (Å²) in [4.78, 5) is 24.2. The highest BCUT2D eigenvalue weighted by Crippen LogP contribution is 2.38. The molecule has 0 unspecified atom stereocenters. The fourth-order valence-corrected chi connectivity index (χ4v) is 5.09. The van der Waals surface area contributed by atoms with Crippen molar-refractivity contribution in [1.82, 2.24) is 5.43 Å². The quantitative estimate of drug-likeness (QED) is 0.183. The SMILES string of the molecule is CC(C)(C)OC(=O)COc1ccc(C=NNC(=O)CN(c2ccc(Cl)c(C(F)(F)F)c2)S(=O)(=O)c2ccccc2)cc1. The van der Waals surface area contributed by atoms with E-state index in [1.165, 1.54) is 30.5 Å². The van der Waals surface area contributed by atoms with E-state index < -0.39 is 56.5 Å². The van der Waals surface area contributed by atoms with Crippen molar-refractivity contribution in [3.8, 4) is 5.75 Å². The summed E-state index contributed by atoms with van der Waals surface area (Å²) in [5.74, 6) is -1.08. The van der Waals surface area contributed by atoms with E-state index in [0.29, 0.717) is 21.7 Å². The van der Waals surface area contributed by atoms with Crippen molar-refractivity contribution < 1.29 is 40.7 Å². The van der Waals surface area contributed by atoms with Crippen LogP contribution in [0.2, 0.25) is 5.02 Å². The Morgan fingerprint density at radius 1 is 1.00 bits per heavy atom. The Hall–Kier alpha value is -4.10. The largest absolute Gasteiger partial charge is 0.482 e. The van der Waals surface area contributed by atoms with Crippen LogP contribution in [0.15, 0.2) is 82.8 Å². The summed E-state index contributed by atoms with van der Waals surface area (Å²) < 4.78 is 78.2. The normalized spacial score (nSPS) is 12.2. The maximum atomic E-state index is 13.5. The van der Waals surface area contributed by atoms with Gasteiger partial charge in [-0.25, -0.2) is 18.6 Å². The number of anilines is 1. The molecular weight excluding hydrogens is 599 g/mol. The van der Waals surface area contributed by atoms with Crippen LogP contribution < -0.4 is 14.5 Å². The number of esters is 1.